The number of esters is 1. The molecule has 1 saturated heterocycles. The van der Waals surface area contributed by atoms with Gasteiger partial charge in [-0.05, 0) is 36.1 Å². The minimum Gasteiger partial charge on any atom is -0.493 e. The zero-order valence-corrected chi connectivity index (χ0v) is 14.0. The summed E-state index contributed by atoms with van der Waals surface area (Å²) in [4.78, 5) is 12.1. The molecule has 0 unspecified atom stereocenters. The molecule has 1 heterocycles. The average molecular weight is 326 g/mol. The molecule has 0 saturated carbocycles. The smallest absolute Gasteiger partial charge is 0.309 e. The molecule has 4 nitrogen and oxygen atoms in total. The summed E-state index contributed by atoms with van der Waals surface area (Å²) in [6.45, 7) is 0.477. The van der Waals surface area contributed by atoms with Crippen LogP contribution in [0.1, 0.15) is 11.1 Å². The monoisotopic (exact) mass is 326 g/mol. The Morgan fingerprint density at radius 1 is 0.958 bits per heavy atom. The molecule has 2 atom stereocenters. The molecule has 0 aromatic heterocycles. The van der Waals surface area contributed by atoms with E-state index < -0.39 is 0 Å². The van der Waals surface area contributed by atoms with Crippen LogP contribution in [0.25, 0.3) is 0 Å². The zero-order valence-electron chi connectivity index (χ0n) is 14.0. The van der Waals surface area contributed by atoms with E-state index in [0.717, 1.165) is 18.4 Å². The highest BCUT2D eigenvalue weighted by atomic mass is 16.5. The quantitative estimate of drug-likeness (QED) is 0.764. The predicted octanol–water partition coefficient (Wildman–Crippen LogP) is 3.28. The van der Waals surface area contributed by atoms with Crippen LogP contribution < -0.4 is 9.47 Å². The highest BCUT2D eigenvalue weighted by molar-refractivity contribution is 5.75. The number of hydrogen-bond acceptors (Lipinski definition) is 4. The molecular weight excluding hydrogens is 304 g/mol. The van der Waals surface area contributed by atoms with Gasteiger partial charge in [0.05, 0.1) is 26.7 Å². The second-order valence-corrected chi connectivity index (χ2v) is 6.08. The Bertz CT molecular complexity index is 696. The van der Waals surface area contributed by atoms with Gasteiger partial charge in [0, 0.05) is 5.92 Å². The maximum Gasteiger partial charge on any atom is 0.309 e. The third kappa shape index (κ3) is 3.53. The van der Waals surface area contributed by atoms with Crippen LogP contribution in [0.4, 0.5) is 0 Å². The first-order chi connectivity index (χ1) is 11.7. The van der Waals surface area contributed by atoms with Crippen molar-refractivity contribution < 1.29 is 19.0 Å². The summed E-state index contributed by atoms with van der Waals surface area (Å²) in [5.41, 5.74) is 2.28. The number of carbonyl (C=O) groups excluding carboxylic acids is 1. The summed E-state index contributed by atoms with van der Waals surface area (Å²) in [5.74, 6) is 1.40. The van der Waals surface area contributed by atoms with Crippen LogP contribution in [0.3, 0.4) is 0 Å². The van der Waals surface area contributed by atoms with Crippen molar-refractivity contribution in [3.8, 4) is 11.5 Å². The molecule has 0 N–H and O–H groups in total. The standard InChI is InChI=1S/C20H22O4/c1-22-18-9-8-15(12-19(18)23-2)10-16-13-24-20(21)17(16)11-14-6-4-3-5-7-14/h3-9,12,16-17H,10-11,13H2,1-2H3/t16-,17+/m0/s1. The lowest BCUT2D eigenvalue weighted by atomic mass is 9.85. The van der Waals surface area contributed by atoms with Crippen LogP contribution in [-0.2, 0) is 22.4 Å². The summed E-state index contributed by atoms with van der Waals surface area (Å²) in [6.07, 6.45) is 1.50. The molecule has 1 fully saturated rings. The van der Waals surface area contributed by atoms with Crippen LogP contribution in [0.5, 0.6) is 11.5 Å². The van der Waals surface area contributed by atoms with Gasteiger partial charge in [-0.25, -0.2) is 0 Å². The molecule has 1 aliphatic rings. The maximum absolute atomic E-state index is 12.1. The van der Waals surface area contributed by atoms with E-state index in [1.54, 1.807) is 14.2 Å². The van der Waals surface area contributed by atoms with Gasteiger partial charge >= 0.3 is 5.97 Å². The lowest BCUT2D eigenvalue weighted by molar-refractivity contribution is -0.141. The van der Waals surface area contributed by atoms with Crippen molar-refractivity contribution in [3.63, 3.8) is 0 Å². The fourth-order valence-corrected chi connectivity index (χ4v) is 3.23. The molecule has 0 radical (unpaired) electrons. The molecule has 126 valence electrons. The van der Waals surface area contributed by atoms with Gasteiger partial charge in [-0.15, -0.1) is 0 Å². The van der Waals surface area contributed by atoms with Crippen LogP contribution in [-0.4, -0.2) is 26.8 Å². The minimum atomic E-state index is -0.0968. The third-order valence-corrected chi connectivity index (χ3v) is 4.56. The number of ether oxygens (including phenoxy) is 3. The molecule has 2 aromatic carbocycles. The summed E-state index contributed by atoms with van der Waals surface area (Å²) in [5, 5.41) is 0. The van der Waals surface area contributed by atoms with Crippen LogP contribution in [0, 0.1) is 11.8 Å². The van der Waals surface area contributed by atoms with Crippen molar-refractivity contribution in [2.45, 2.75) is 12.8 Å². The first kappa shape index (κ1) is 16.4. The molecule has 3 rings (SSSR count). The third-order valence-electron chi connectivity index (χ3n) is 4.56. The Hall–Kier alpha value is -2.49. The van der Waals surface area contributed by atoms with Crippen LogP contribution in [0.2, 0.25) is 0 Å². The van der Waals surface area contributed by atoms with Crippen molar-refractivity contribution in [1.29, 1.82) is 0 Å². The Labute approximate surface area is 142 Å². The van der Waals surface area contributed by atoms with Crippen LogP contribution >= 0.6 is 0 Å². The summed E-state index contributed by atoms with van der Waals surface area (Å²) < 4.78 is 16.0. The largest absolute Gasteiger partial charge is 0.493 e. The number of methoxy groups -OCH3 is 2. The van der Waals surface area contributed by atoms with E-state index in [2.05, 4.69) is 12.1 Å². The molecule has 0 amide bonds. The van der Waals surface area contributed by atoms with E-state index >= 15 is 0 Å². The Morgan fingerprint density at radius 3 is 2.42 bits per heavy atom. The summed E-state index contributed by atoms with van der Waals surface area (Å²) >= 11 is 0. The Balaban J connectivity index is 1.74. The van der Waals surface area contributed by atoms with Gasteiger partial charge in [0.2, 0.25) is 0 Å². The van der Waals surface area contributed by atoms with Gasteiger partial charge < -0.3 is 14.2 Å². The Kier molecular flexibility index (Phi) is 5.04. The van der Waals surface area contributed by atoms with E-state index in [0.29, 0.717) is 18.1 Å². The molecule has 0 aliphatic carbocycles. The average Bonchev–Trinajstić information content (AvgIpc) is 2.96. The number of benzene rings is 2. The Morgan fingerprint density at radius 2 is 1.71 bits per heavy atom. The van der Waals surface area contributed by atoms with Crippen molar-refractivity contribution >= 4 is 5.97 Å². The van der Waals surface area contributed by atoms with Crippen molar-refractivity contribution in [2.75, 3.05) is 20.8 Å². The molecule has 0 spiro atoms. The first-order valence-corrected chi connectivity index (χ1v) is 8.12. The van der Waals surface area contributed by atoms with Crippen LogP contribution in [0.15, 0.2) is 48.5 Å². The van der Waals surface area contributed by atoms with Crippen molar-refractivity contribution in [2.24, 2.45) is 11.8 Å². The first-order valence-electron chi connectivity index (χ1n) is 8.12. The minimum absolute atomic E-state index is 0.0932. The number of rotatable bonds is 6. The van der Waals surface area contributed by atoms with Gasteiger partial charge in [-0.3, -0.25) is 4.79 Å². The lowest BCUT2D eigenvalue weighted by Crippen LogP contribution is -2.20. The normalized spacial score (nSPS) is 19.8. The predicted molar refractivity (Wildman–Crippen MR) is 91.3 cm³/mol. The van der Waals surface area contributed by atoms with E-state index in [1.807, 2.05) is 36.4 Å². The molecule has 1 aliphatic heterocycles. The second-order valence-electron chi connectivity index (χ2n) is 6.08. The highest BCUT2D eigenvalue weighted by Crippen LogP contribution is 2.32. The topological polar surface area (TPSA) is 44.8 Å². The van der Waals surface area contributed by atoms with Gasteiger partial charge in [-0.1, -0.05) is 36.4 Å². The van der Waals surface area contributed by atoms with E-state index in [1.165, 1.54) is 5.56 Å². The second kappa shape index (κ2) is 7.39. The molecule has 4 heteroatoms. The summed E-state index contributed by atoms with van der Waals surface area (Å²) in [6, 6.07) is 16.0. The van der Waals surface area contributed by atoms with E-state index in [9.17, 15) is 4.79 Å². The number of hydrogen-bond donors (Lipinski definition) is 0. The molecule has 0 bridgehead atoms. The SMILES string of the molecule is COc1ccc(C[C@H]2COC(=O)[C@@H]2Cc2ccccc2)cc1OC. The van der Waals surface area contributed by atoms with E-state index in [4.69, 9.17) is 14.2 Å². The zero-order chi connectivity index (χ0) is 16.9. The van der Waals surface area contributed by atoms with E-state index in [-0.39, 0.29) is 17.8 Å². The number of cyclic esters (lactones) is 1. The van der Waals surface area contributed by atoms with Gasteiger partial charge in [0.1, 0.15) is 0 Å². The molecule has 2 aromatic rings. The maximum atomic E-state index is 12.1. The van der Waals surface area contributed by atoms with Crippen molar-refractivity contribution in [3.05, 3.63) is 59.7 Å². The van der Waals surface area contributed by atoms with Gasteiger partial charge in [0.15, 0.2) is 11.5 Å². The van der Waals surface area contributed by atoms with Gasteiger partial charge in [0.25, 0.3) is 0 Å². The van der Waals surface area contributed by atoms with Crippen molar-refractivity contribution in [1.82, 2.24) is 0 Å². The lowest BCUT2D eigenvalue weighted by Gasteiger charge is -2.16. The molecule has 24 heavy (non-hydrogen) atoms. The fraction of sp³-hybridized carbons (Fsp3) is 0.350. The summed E-state index contributed by atoms with van der Waals surface area (Å²) in [7, 11) is 3.25. The molecular formula is C20H22O4. The van der Waals surface area contributed by atoms with Gasteiger partial charge in [-0.2, -0.15) is 0 Å². The highest BCUT2D eigenvalue weighted by Gasteiger charge is 2.36. The fourth-order valence-electron chi connectivity index (χ4n) is 3.23. The number of carbonyl (C=O) groups is 1.